The lowest BCUT2D eigenvalue weighted by atomic mass is 9.83. The molecule has 0 fully saturated rings. The van der Waals surface area contributed by atoms with Gasteiger partial charge in [0.05, 0.1) is 0 Å². The molecule has 1 aliphatic rings. The molecular formula is C12H21NO2. The Morgan fingerprint density at radius 2 is 2.20 bits per heavy atom. The normalized spacial score (nSPS) is 17.6. The van der Waals surface area contributed by atoms with Crippen LogP contribution in [-0.2, 0) is 9.53 Å². The molecule has 3 nitrogen and oxygen atoms in total. The summed E-state index contributed by atoms with van der Waals surface area (Å²) in [5, 5.41) is 0. The topological polar surface area (TPSA) is 29.5 Å². The second-order valence-electron chi connectivity index (χ2n) is 5.00. The number of carbonyl (C=O) groups is 1. The fourth-order valence-corrected chi connectivity index (χ4v) is 1.79. The van der Waals surface area contributed by atoms with Crippen LogP contribution in [-0.4, -0.2) is 37.6 Å². The number of methoxy groups -OCH3 is 1. The summed E-state index contributed by atoms with van der Waals surface area (Å²) in [6, 6.07) is 0. The van der Waals surface area contributed by atoms with Gasteiger partial charge in [0, 0.05) is 20.2 Å². The van der Waals surface area contributed by atoms with Crippen molar-refractivity contribution in [3.05, 3.63) is 11.6 Å². The number of hydrogen-bond acceptors (Lipinski definition) is 2. The molecule has 0 atom stereocenters. The van der Waals surface area contributed by atoms with Crippen LogP contribution in [0.3, 0.4) is 0 Å². The van der Waals surface area contributed by atoms with Gasteiger partial charge in [0.25, 0.3) is 0 Å². The zero-order valence-electron chi connectivity index (χ0n) is 10.2. The summed E-state index contributed by atoms with van der Waals surface area (Å²) in [6.07, 6.45) is 3.16. The highest BCUT2D eigenvalue weighted by Gasteiger charge is 2.23. The molecule has 1 rings (SSSR count). The summed E-state index contributed by atoms with van der Waals surface area (Å²) in [5.74, 6) is 0.0849. The molecule has 0 radical (unpaired) electrons. The first-order valence-electron chi connectivity index (χ1n) is 5.41. The second kappa shape index (κ2) is 4.79. The SMILES string of the molecule is COCC(=O)N1CC=C(C(C)(C)C)CC1. The highest BCUT2D eigenvalue weighted by molar-refractivity contribution is 5.77. The maximum Gasteiger partial charge on any atom is 0.248 e. The van der Waals surface area contributed by atoms with Crippen molar-refractivity contribution in [2.75, 3.05) is 26.8 Å². The molecule has 86 valence electrons. The number of nitrogens with zero attached hydrogens (tertiary/aromatic N) is 1. The molecule has 1 aliphatic heterocycles. The molecule has 1 amide bonds. The Kier molecular flexibility index (Phi) is 3.91. The minimum absolute atomic E-state index is 0.0849. The lowest BCUT2D eigenvalue weighted by Gasteiger charge is -2.32. The molecule has 15 heavy (non-hydrogen) atoms. The lowest BCUT2D eigenvalue weighted by Crippen LogP contribution is -2.38. The van der Waals surface area contributed by atoms with Gasteiger partial charge in [-0.1, -0.05) is 32.4 Å². The van der Waals surface area contributed by atoms with Gasteiger partial charge in [0.2, 0.25) is 5.91 Å². The van der Waals surface area contributed by atoms with Crippen LogP contribution in [0.25, 0.3) is 0 Å². The Labute approximate surface area is 92.1 Å². The third kappa shape index (κ3) is 3.34. The maximum absolute atomic E-state index is 11.5. The molecule has 0 aromatic heterocycles. The van der Waals surface area contributed by atoms with Crippen LogP contribution in [0, 0.1) is 5.41 Å². The van der Waals surface area contributed by atoms with E-state index in [9.17, 15) is 4.79 Å². The summed E-state index contributed by atoms with van der Waals surface area (Å²) >= 11 is 0. The smallest absolute Gasteiger partial charge is 0.248 e. The van der Waals surface area contributed by atoms with Crippen LogP contribution in [0.4, 0.5) is 0 Å². The van der Waals surface area contributed by atoms with Crippen molar-refractivity contribution in [3.63, 3.8) is 0 Å². The second-order valence-corrected chi connectivity index (χ2v) is 5.00. The molecule has 0 saturated carbocycles. The Balaban J connectivity index is 2.54. The number of carbonyl (C=O) groups excluding carboxylic acids is 1. The number of hydrogen-bond donors (Lipinski definition) is 0. The minimum Gasteiger partial charge on any atom is -0.375 e. The summed E-state index contributed by atoms with van der Waals surface area (Å²) in [6.45, 7) is 8.39. The van der Waals surface area contributed by atoms with E-state index in [1.165, 1.54) is 5.57 Å². The Morgan fingerprint density at radius 1 is 1.53 bits per heavy atom. The highest BCUT2D eigenvalue weighted by atomic mass is 16.5. The molecular weight excluding hydrogens is 190 g/mol. The lowest BCUT2D eigenvalue weighted by molar-refractivity contribution is -0.134. The van der Waals surface area contributed by atoms with Gasteiger partial charge >= 0.3 is 0 Å². The van der Waals surface area contributed by atoms with Crippen LogP contribution in [0.2, 0.25) is 0 Å². The van der Waals surface area contributed by atoms with Gasteiger partial charge in [0.15, 0.2) is 0 Å². The van der Waals surface area contributed by atoms with Crippen LogP contribution in [0.5, 0.6) is 0 Å². The largest absolute Gasteiger partial charge is 0.375 e. The van der Waals surface area contributed by atoms with E-state index in [0.717, 1.165) is 19.5 Å². The van der Waals surface area contributed by atoms with Crippen LogP contribution >= 0.6 is 0 Å². The van der Waals surface area contributed by atoms with Gasteiger partial charge < -0.3 is 9.64 Å². The third-order valence-corrected chi connectivity index (χ3v) is 2.79. The zero-order valence-corrected chi connectivity index (χ0v) is 10.2. The van der Waals surface area contributed by atoms with Gasteiger partial charge in [-0.2, -0.15) is 0 Å². The van der Waals surface area contributed by atoms with Gasteiger partial charge in [-0.15, -0.1) is 0 Å². The van der Waals surface area contributed by atoms with Crippen molar-refractivity contribution >= 4 is 5.91 Å². The molecule has 0 aliphatic carbocycles. The number of amides is 1. The molecule has 0 N–H and O–H groups in total. The van der Waals surface area contributed by atoms with E-state index >= 15 is 0 Å². The van der Waals surface area contributed by atoms with E-state index in [2.05, 4.69) is 26.8 Å². The highest BCUT2D eigenvalue weighted by Crippen LogP contribution is 2.29. The maximum atomic E-state index is 11.5. The van der Waals surface area contributed by atoms with Crippen molar-refractivity contribution in [3.8, 4) is 0 Å². The van der Waals surface area contributed by atoms with E-state index in [1.54, 1.807) is 7.11 Å². The molecule has 0 aromatic carbocycles. The Morgan fingerprint density at radius 3 is 2.60 bits per heavy atom. The first-order chi connectivity index (χ1) is 6.95. The van der Waals surface area contributed by atoms with Crippen LogP contribution < -0.4 is 0 Å². The molecule has 3 heteroatoms. The zero-order chi connectivity index (χ0) is 11.5. The summed E-state index contributed by atoms with van der Waals surface area (Å²) in [4.78, 5) is 13.4. The number of ether oxygens (including phenoxy) is 1. The van der Waals surface area contributed by atoms with Crippen molar-refractivity contribution < 1.29 is 9.53 Å². The quantitative estimate of drug-likeness (QED) is 0.652. The summed E-state index contributed by atoms with van der Waals surface area (Å²) < 4.78 is 4.84. The third-order valence-electron chi connectivity index (χ3n) is 2.79. The Bertz CT molecular complexity index is 263. The van der Waals surface area contributed by atoms with Crippen molar-refractivity contribution in [2.45, 2.75) is 27.2 Å². The molecule has 1 heterocycles. The molecule has 0 saturated heterocycles. The average Bonchev–Trinajstić information content (AvgIpc) is 2.17. The predicted octanol–water partition coefficient (Wildman–Crippen LogP) is 1.84. The standard InChI is InChI=1S/C12H21NO2/c1-12(2,3)10-5-7-13(8-6-10)11(14)9-15-4/h5H,6-9H2,1-4H3. The van der Waals surface area contributed by atoms with Crippen molar-refractivity contribution in [2.24, 2.45) is 5.41 Å². The van der Waals surface area contributed by atoms with Gasteiger partial charge in [-0.25, -0.2) is 0 Å². The number of rotatable bonds is 2. The van der Waals surface area contributed by atoms with Gasteiger partial charge in [-0.3, -0.25) is 4.79 Å². The van der Waals surface area contributed by atoms with E-state index in [0.29, 0.717) is 0 Å². The minimum atomic E-state index is 0.0849. The molecule has 0 aromatic rings. The summed E-state index contributed by atoms with van der Waals surface area (Å²) in [7, 11) is 1.55. The van der Waals surface area contributed by atoms with Gasteiger partial charge in [-0.05, 0) is 11.8 Å². The summed E-state index contributed by atoms with van der Waals surface area (Å²) in [5.41, 5.74) is 1.68. The molecule has 0 spiro atoms. The van der Waals surface area contributed by atoms with E-state index < -0.39 is 0 Å². The van der Waals surface area contributed by atoms with Crippen molar-refractivity contribution in [1.29, 1.82) is 0 Å². The van der Waals surface area contributed by atoms with Crippen LogP contribution in [0.1, 0.15) is 27.2 Å². The monoisotopic (exact) mass is 211 g/mol. The average molecular weight is 211 g/mol. The van der Waals surface area contributed by atoms with Crippen LogP contribution in [0.15, 0.2) is 11.6 Å². The molecule has 0 bridgehead atoms. The van der Waals surface area contributed by atoms with E-state index in [4.69, 9.17) is 4.74 Å². The Hall–Kier alpha value is -0.830. The first-order valence-corrected chi connectivity index (χ1v) is 5.41. The van der Waals surface area contributed by atoms with Gasteiger partial charge in [0.1, 0.15) is 6.61 Å². The molecule has 0 unspecified atom stereocenters. The van der Waals surface area contributed by atoms with E-state index in [1.807, 2.05) is 4.90 Å². The first kappa shape index (κ1) is 12.2. The van der Waals surface area contributed by atoms with Crippen molar-refractivity contribution in [1.82, 2.24) is 4.90 Å². The predicted molar refractivity (Wildman–Crippen MR) is 60.6 cm³/mol. The fourth-order valence-electron chi connectivity index (χ4n) is 1.79. The fraction of sp³-hybridized carbons (Fsp3) is 0.750. The van der Waals surface area contributed by atoms with E-state index in [-0.39, 0.29) is 17.9 Å².